The first kappa shape index (κ1) is 19.5. The van der Waals surface area contributed by atoms with Crippen molar-refractivity contribution in [2.45, 2.75) is 19.8 Å². The molecule has 0 bridgehead atoms. The second-order valence-corrected chi connectivity index (χ2v) is 6.46. The molecule has 0 aliphatic carbocycles. The predicted molar refractivity (Wildman–Crippen MR) is 107 cm³/mol. The van der Waals surface area contributed by atoms with Gasteiger partial charge >= 0.3 is 0 Å². The van der Waals surface area contributed by atoms with Crippen molar-refractivity contribution in [2.75, 3.05) is 11.9 Å². The smallest absolute Gasteiger partial charge is 0.261 e. The molecule has 0 fully saturated rings. The van der Waals surface area contributed by atoms with E-state index in [2.05, 4.69) is 17.6 Å². The van der Waals surface area contributed by atoms with E-state index in [1.807, 2.05) is 6.07 Å². The van der Waals surface area contributed by atoms with Crippen LogP contribution in [-0.2, 0) is 0 Å². The Morgan fingerprint density at radius 1 is 1.16 bits per heavy atom. The number of anilines is 1. The molecule has 4 nitrogen and oxygen atoms in total. The van der Waals surface area contributed by atoms with E-state index in [4.69, 9.17) is 40.2 Å². The van der Waals surface area contributed by atoms with Gasteiger partial charge in [0.25, 0.3) is 5.91 Å². The molecule has 0 aromatic heterocycles. The van der Waals surface area contributed by atoms with Crippen LogP contribution in [0.25, 0.3) is 0 Å². The summed E-state index contributed by atoms with van der Waals surface area (Å²) in [6.45, 7) is 2.64. The number of para-hydroxylation sites is 1. The summed E-state index contributed by atoms with van der Waals surface area (Å²) in [6.07, 6.45) is 1.94. The maximum absolute atomic E-state index is 12.5. The molecule has 2 rings (SSSR count). The molecule has 0 saturated heterocycles. The molecule has 2 aromatic carbocycles. The number of benzene rings is 2. The van der Waals surface area contributed by atoms with Gasteiger partial charge in [0.05, 0.1) is 22.2 Å². The van der Waals surface area contributed by atoms with Crippen LogP contribution in [0.2, 0.25) is 10.0 Å². The first-order valence-corrected chi connectivity index (χ1v) is 8.97. The van der Waals surface area contributed by atoms with E-state index in [0.29, 0.717) is 33.7 Å². The van der Waals surface area contributed by atoms with Crippen molar-refractivity contribution in [1.82, 2.24) is 5.32 Å². The highest BCUT2D eigenvalue weighted by Crippen LogP contribution is 2.25. The minimum Gasteiger partial charge on any atom is -0.493 e. The molecule has 0 radical (unpaired) electrons. The van der Waals surface area contributed by atoms with Crippen molar-refractivity contribution >= 4 is 52.1 Å². The topological polar surface area (TPSA) is 50.4 Å². The molecule has 1 amide bonds. The molecule has 7 heteroatoms. The molecule has 25 heavy (non-hydrogen) atoms. The Balaban J connectivity index is 2.01. The summed E-state index contributed by atoms with van der Waals surface area (Å²) in [4.78, 5) is 12.5. The van der Waals surface area contributed by atoms with E-state index in [0.717, 1.165) is 12.8 Å². The largest absolute Gasteiger partial charge is 0.493 e. The number of unbranched alkanes of at least 4 members (excludes halogenated alkanes) is 1. The zero-order valence-corrected chi connectivity index (χ0v) is 16.0. The SMILES string of the molecule is CCCCOc1ccccc1C(=O)NC(=S)Nc1ccc(Cl)c(Cl)c1. The third kappa shape index (κ3) is 5.88. The van der Waals surface area contributed by atoms with E-state index < -0.39 is 0 Å². The van der Waals surface area contributed by atoms with E-state index >= 15 is 0 Å². The molecule has 0 heterocycles. The molecule has 0 aliphatic heterocycles. The van der Waals surface area contributed by atoms with Gasteiger partial charge in [0.2, 0.25) is 0 Å². The van der Waals surface area contributed by atoms with Gasteiger partial charge in [-0.1, -0.05) is 48.7 Å². The molecule has 0 unspecified atom stereocenters. The second-order valence-electron chi connectivity index (χ2n) is 5.24. The fourth-order valence-corrected chi connectivity index (χ4v) is 2.52. The zero-order valence-electron chi connectivity index (χ0n) is 13.6. The predicted octanol–water partition coefficient (Wildman–Crippen LogP) is 5.30. The van der Waals surface area contributed by atoms with Gasteiger partial charge in [0, 0.05) is 5.69 Å². The minimum atomic E-state index is -0.343. The Morgan fingerprint density at radius 2 is 1.92 bits per heavy atom. The van der Waals surface area contributed by atoms with E-state index in [-0.39, 0.29) is 11.0 Å². The summed E-state index contributed by atoms with van der Waals surface area (Å²) in [5, 5.41) is 6.54. The van der Waals surface area contributed by atoms with Gasteiger partial charge < -0.3 is 10.1 Å². The zero-order chi connectivity index (χ0) is 18.2. The molecule has 132 valence electrons. The standard InChI is InChI=1S/C18H18Cl2N2O2S/c1-2-3-10-24-16-7-5-4-6-13(16)17(23)22-18(25)21-12-8-9-14(19)15(20)11-12/h4-9,11H,2-3,10H2,1H3,(H2,21,22,23,25). The number of thiocarbonyl (C=S) groups is 1. The number of hydrogen-bond donors (Lipinski definition) is 2. The molecule has 0 saturated carbocycles. The molecule has 2 aromatic rings. The van der Waals surface area contributed by atoms with Crippen LogP contribution in [0.5, 0.6) is 5.75 Å². The highest BCUT2D eigenvalue weighted by atomic mass is 35.5. The summed E-state index contributed by atoms with van der Waals surface area (Å²) in [6, 6.07) is 12.0. The third-order valence-corrected chi connectivity index (χ3v) is 4.23. The average Bonchev–Trinajstić information content (AvgIpc) is 2.58. The number of halogens is 2. The van der Waals surface area contributed by atoms with E-state index in [9.17, 15) is 4.79 Å². The highest BCUT2D eigenvalue weighted by Gasteiger charge is 2.13. The van der Waals surface area contributed by atoms with Crippen molar-refractivity contribution in [1.29, 1.82) is 0 Å². The minimum absolute atomic E-state index is 0.159. The summed E-state index contributed by atoms with van der Waals surface area (Å²) >= 11 is 17.0. The summed E-state index contributed by atoms with van der Waals surface area (Å²) in [5.74, 6) is 0.190. The van der Waals surface area contributed by atoms with E-state index in [1.54, 1.807) is 36.4 Å². The lowest BCUT2D eigenvalue weighted by molar-refractivity contribution is 0.0973. The maximum Gasteiger partial charge on any atom is 0.261 e. The Labute approximate surface area is 162 Å². The quantitative estimate of drug-likeness (QED) is 0.513. The van der Waals surface area contributed by atoms with Crippen LogP contribution in [0.4, 0.5) is 5.69 Å². The molecular weight excluding hydrogens is 379 g/mol. The fourth-order valence-electron chi connectivity index (χ4n) is 2.01. The van der Waals surface area contributed by atoms with Gasteiger partial charge in [0.1, 0.15) is 5.75 Å². The van der Waals surface area contributed by atoms with Crippen LogP contribution in [-0.4, -0.2) is 17.6 Å². The fraction of sp³-hybridized carbons (Fsp3) is 0.222. The van der Waals surface area contributed by atoms with Gasteiger partial charge in [0.15, 0.2) is 5.11 Å². The third-order valence-electron chi connectivity index (χ3n) is 3.29. The van der Waals surface area contributed by atoms with E-state index in [1.165, 1.54) is 0 Å². The van der Waals surface area contributed by atoms with Crippen molar-refractivity contribution in [3.8, 4) is 5.75 Å². The first-order chi connectivity index (χ1) is 12.0. The van der Waals surface area contributed by atoms with Gasteiger partial charge in [-0.3, -0.25) is 10.1 Å². The summed E-state index contributed by atoms with van der Waals surface area (Å²) in [7, 11) is 0. The van der Waals surface area contributed by atoms with Crippen molar-refractivity contribution < 1.29 is 9.53 Å². The number of nitrogens with one attached hydrogen (secondary N) is 2. The normalized spacial score (nSPS) is 10.2. The molecule has 0 spiro atoms. The highest BCUT2D eigenvalue weighted by molar-refractivity contribution is 7.80. The lowest BCUT2D eigenvalue weighted by Gasteiger charge is -2.13. The van der Waals surface area contributed by atoms with Crippen molar-refractivity contribution in [3.05, 3.63) is 58.1 Å². The lowest BCUT2D eigenvalue weighted by atomic mass is 10.2. The van der Waals surface area contributed by atoms with Crippen LogP contribution in [0.15, 0.2) is 42.5 Å². The van der Waals surface area contributed by atoms with Gasteiger partial charge in [-0.25, -0.2) is 0 Å². The Bertz CT molecular complexity index is 768. The maximum atomic E-state index is 12.5. The Kier molecular flexibility index (Phi) is 7.50. The average molecular weight is 397 g/mol. The first-order valence-electron chi connectivity index (χ1n) is 7.80. The molecular formula is C18H18Cl2N2O2S. The van der Waals surface area contributed by atoms with Gasteiger partial charge in [-0.2, -0.15) is 0 Å². The summed E-state index contributed by atoms with van der Waals surface area (Å²) < 4.78 is 5.67. The van der Waals surface area contributed by atoms with Crippen LogP contribution >= 0.6 is 35.4 Å². The number of rotatable bonds is 6. The number of hydrogen-bond acceptors (Lipinski definition) is 3. The number of carbonyl (C=O) groups excluding carboxylic acids is 1. The monoisotopic (exact) mass is 396 g/mol. The number of ether oxygens (including phenoxy) is 1. The number of amides is 1. The Hall–Kier alpha value is -1.82. The van der Waals surface area contributed by atoms with Gasteiger partial charge in [-0.05, 0) is 49.0 Å². The summed E-state index contributed by atoms with van der Waals surface area (Å²) in [5.41, 5.74) is 1.06. The number of carbonyl (C=O) groups is 1. The van der Waals surface area contributed by atoms with Crippen LogP contribution in [0.3, 0.4) is 0 Å². The Morgan fingerprint density at radius 3 is 2.64 bits per heavy atom. The second kappa shape index (κ2) is 9.61. The van der Waals surface area contributed by atoms with Crippen LogP contribution in [0.1, 0.15) is 30.1 Å². The van der Waals surface area contributed by atoms with Crippen LogP contribution < -0.4 is 15.4 Å². The molecule has 0 aliphatic rings. The molecule has 0 atom stereocenters. The van der Waals surface area contributed by atoms with Gasteiger partial charge in [-0.15, -0.1) is 0 Å². The van der Waals surface area contributed by atoms with Crippen LogP contribution in [0, 0.1) is 0 Å². The van der Waals surface area contributed by atoms with Crippen molar-refractivity contribution in [3.63, 3.8) is 0 Å². The molecule has 2 N–H and O–H groups in total. The van der Waals surface area contributed by atoms with Crippen molar-refractivity contribution in [2.24, 2.45) is 0 Å². The lowest BCUT2D eigenvalue weighted by Crippen LogP contribution is -2.34.